The molecule has 1 aromatic heterocycles. The molecule has 0 amide bonds. The second-order valence-corrected chi connectivity index (χ2v) is 3.79. The first-order valence-electron chi connectivity index (χ1n) is 4.53. The van der Waals surface area contributed by atoms with Gasteiger partial charge < -0.3 is 10.2 Å². The molecular weight excluding hydrogens is 183 g/mol. The Bertz CT molecular complexity index is 502. The Labute approximate surface area is 79.7 Å². The number of hydrogen-bond acceptors (Lipinski definition) is 3. The summed E-state index contributed by atoms with van der Waals surface area (Å²) in [5.74, 6) is 0.208. The zero-order valence-corrected chi connectivity index (χ0v) is 7.46. The van der Waals surface area contributed by atoms with Crippen LogP contribution in [0.3, 0.4) is 0 Å². The van der Waals surface area contributed by atoms with Gasteiger partial charge in [-0.3, -0.25) is 0 Å². The molecule has 3 rings (SSSR count). The molecular formula is C10H9FN2O. The fourth-order valence-corrected chi connectivity index (χ4v) is 1.46. The summed E-state index contributed by atoms with van der Waals surface area (Å²) in [6, 6.07) is 4.30. The van der Waals surface area contributed by atoms with E-state index in [-0.39, 0.29) is 5.82 Å². The quantitative estimate of drug-likeness (QED) is 0.750. The molecule has 2 aromatic rings. The predicted molar refractivity (Wildman–Crippen MR) is 49.1 cm³/mol. The van der Waals surface area contributed by atoms with Gasteiger partial charge in [0.1, 0.15) is 11.3 Å². The van der Waals surface area contributed by atoms with Gasteiger partial charge >= 0.3 is 0 Å². The largest absolute Gasteiger partial charge is 0.439 e. The van der Waals surface area contributed by atoms with Crippen LogP contribution in [0.1, 0.15) is 18.7 Å². The standard InChI is InChI=1S/C10H9FN2O/c11-6-1-2-7-8(5-6)14-9(13-7)10(12)3-4-10/h1-2,5H,3-4,12H2. The Balaban J connectivity index is 2.20. The summed E-state index contributed by atoms with van der Waals surface area (Å²) in [5.41, 5.74) is 6.66. The number of aromatic nitrogens is 1. The zero-order valence-electron chi connectivity index (χ0n) is 7.46. The van der Waals surface area contributed by atoms with E-state index in [9.17, 15) is 4.39 Å². The van der Waals surface area contributed by atoms with Gasteiger partial charge in [0.25, 0.3) is 0 Å². The van der Waals surface area contributed by atoms with E-state index in [0.717, 1.165) is 12.8 Å². The highest BCUT2D eigenvalue weighted by atomic mass is 19.1. The lowest BCUT2D eigenvalue weighted by atomic mass is 10.3. The van der Waals surface area contributed by atoms with Crippen LogP contribution in [-0.4, -0.2) is 4.98 Å². The minimum atomic E-state index is -0.393. The maximum absolute atomic E-state index is 12.8. The van der Waals surface area contributed by atoms with Crippen molar-refractivity contribution in [2.45, 2.75) is 18.4 Å². The van der Waals surface area contributed by atoms with E-state index in [1.807, 2.05) is 0 Å². The minimum Gasteiger partial charge on any atom is -0.439 e. The zero-order chi connectivity index (χ0) is 9.76. The highest BCUT2D eigenvalue weighted by Gasteiger charge is 2.44. The molecule has 0 atom stereocenters. The summed E-state index contributed by atoms with van der Waals surface area (Å²) in [6.45, 7) is 0. The second kappa shape index (κ2) is 2.33. The van der Waals surface area contributed by atoms with Crippen molar-refractivity contribution in [1.82, 2.24) is 4.98 Å². The maximum atomic E-state index is 12.8. The van der Waals surface area contributed by atoms with E-state index >= 15 is 0 Å². The molecule has 1 aromatic carbocycles. The second-order valence-electron chi connectivity index (χ2n) is 3.79. The third-order valence-corrected chi connectivity index (χ3v) is 2.57. The molecule has 4 heteroatoms. The number of hydrogen-bond donors (Lipinski definition) is 1. The van der Waals surface area contributed by atoms with Crippen LogP contribution >= 0.6 is 0 Å². The third kappa shape index (κ3) is 1.04. The number of halogens is 1. The summed E-state index contributed by atoms with van der Waals surface area (Å²) in [5, 5.41) is 0. The van der Waals surface area contributed by atoms with E-state index < -0.39 is 5.54 Å². The lowest BCUT2D eigenvalue weighted by molar-refractivity contribution is 0.464. The van der Waals surface area contributed by atoms with Crippen molar-refractivity contribution in [2.75, 3.05) is 0 Å². The van der Waals surface area contributed by atoms with Crippen molar-refractivity contribution in [2.24, 2.45) is 5.73 Å². The van der Waals surface area contributed by atoms with Gasteiger partial charge in [-0.1, -0.05) is 0 Å². The number of fused-ring (bicyclic) bond motifs is 1. The molecule has 0 saturated heterocycles. The molecule has 1 saturated carbocycles. The molecule has 72 valence electrons. The molecule has 0 aliphatic heterocycles. The monoisotopic (exact) mass is 192 g/mol. The molecule has 14 heavy (non-hydrogen) atoms. The minimum absolute atomic E-state index is 0.318. The molecule has 1 aliphatic rings. The van der Waals surface area contributed by atoms with E-state index in [1.165, 1.54) is 12.1 Å². The van der Waals surface area contributed by atoms with Crippen molar-refractivity contribution >= 4 is 11.1 Å². The van der Waals surface area contributed by atoms with Crippen LogP contribution in [0.15, 0.2) is 22.6 Å². The Morgan fingerprint density at radius 2 is 2.21 bits per heavy atom. The van der Waals surface area contributed by atoms with Crippen LogP contribution < -0.4 is 5.73 Å². The van der Waals surface area contributed by atoms with Crippen molar-refractivity contribution < 1.29 is 8.81 Å². The fourth-order valence-electron chi connectivity index (χ4n) is 1.46. The van der Waals surface area contributed by atoms with E-state index in [4.69, 9.17) is 10.2 Å². The molecule has 0 bridgehead atoms. The summed E-state index contributed by atoms with van der Waals surface area (Å²) < 4.78 is 18.2. The van der Waals surface area contributed by atoms with Crippen LogP contribution in [0.5, 0.6) is 0 Å². The Kier molecular flexibility index (Phi) is 1.32. The average molecular weight is 192 g/mol. The van der Waals surface area contributed by atoms with Crippen molar-refractivity contribution in [3.05, 3.63) is 29.9 Å². The van der Waals surface area contributed by atoms with Gasteiger partial charge in [-0.25, -0.2) is 9.37 Å². The molecule has 2 N–H and O–H groups in total. The summed E-state index contributed by atoms with van der Waals surface area (Å²) in [7, 11) is 0. The predicted octanol–water partition coefficient (Wildman–Crippen LogP) is 1.91. The van der Waals surface area contributed by atoms with Gasteiger partial charge in [0.2, 0.25) is 5.89 Å². The lowest BCUT2D eigenvalue weighted by Gasteiger charge is -1.99. The third-order valence-electron chi connectivity index (χ3n) is 2.57. The van der Waals surface area contributed by atoms with Crippen LogP contribution in [-0.2, 0) is 5.54 Å². The van der Waals surface area contributed by atoms with E-state index in [1.54, 1.807) is 6.07 Å². The first-order chi connectivity index (χ1) is 6.67. The number of nitrogens with two attached hydrogens (primary N) is 1. The maximum Gasteiger partial charge on any atom is 0.215 e. The van der Waals surface area contributed by atoms with Gasteiger partial charge in [0, 0.05) is 6.07 Å². The summed E-state index contributed by atoms with van der Waals surface area (Å²) in [4.78, 5) is 4.23. The molecule has 1 aliphatic carbocycles. The van der Waals surface area contributed by atoms with Gasteiger partial charge in [-0.05, 0) is 25.0 Å². The Morgan fingerprint density at radius 1 is 1.43 bits per heavy atom. The first kappa shape index (κ1) is 7.94. The molecule has 3 nitrogen and oxygen atoms in total. The number of benzene rings is 1. The van der Waals surface area contributed by atoms with Crippen LogP contribution in [0.2, 0.25) is 0 Å². The van der Waals surface area contributed by atoms with E-state index in [2.05, 4.69) is 4.98 Å². The summed E-state index contributed by atoms with van der Waals surface area (Å²) in [6.07, 6.45) is 1.78. The Hall–Kier alpha value is -1.42. The topological polar surface area (TPSA) is 52.0 Å². The van der Waals surface area contributed by atoms with Crippen molar-refractivity contribution in [3.8, 4) is 0 Å². The van der Waals surface area contributed by atoms with Gasteiger partial charge in [-0.2, -0.15) is 0 Å². The SMILES string of the molecule is NC1(c2nc3ccc(F)cc3o2)CC1. The van der Waals surface area contributed by atoms with Crippen LogP contribution in [0, 0.1) is 5.82 Å². The molecule has 0 radical (unpaired) electrons. The van der Waals surface area contributed by atoms with Gasteiger partial charge in [0.15, 0.2) is 5.58 Å². The smallest absolute Gasteiger partial charge is 0.215 e. The molecule has 1 heterocycles. The normalized spacial score (nSPS) is 18.7. The molecule has 0 unspecified atom stereocenters. The Morgan fingerprint density at radius 3 is 2.93 bits per heavy atom. The highest BCUT2D eigenvalue weighted by Crippen LogP contribution is 2.42. The van der Waals surface area contributed by atoms with E-state index in [0.29, 0.717) is 17.0 Å². The summed E-state index contributed by atoms with van der Waals surface area (Å²) >= 11 is 0. The highest BCUT2D eigenvalue weighted by molar-refractivity contribution is 5.72. The first-order valence-corrected chi connectivity index (χ1v) is 4.53. The number of nitrogens with zero attached hydrogens (tertiary/aromatic N) is 1. The van der Waals surface area contributed by atoms with Gasteiger partial charge in [-0.15, -0.1) is 0 Å². The lowest BCUT2D eigenvalue weighted by Crippen LogP contribution is -2.18. The molecule has 1 fully saturated rings. The number of oxazole rings is 1. The van der Waals surface area contributed by atoms with Gasteiger partial charge in [0.05, 0.1) is 5.54 Å². The van der Waals surface area contributed by atoms with Crippen molar-refractivity contribution in [3.63, 3.8) is 0 Å². The van der Waals surface area contributed by atoms with Crippen LogP contribution in [0.25, 0.3) is 11.1 Å². The number of rotatable bonds is 1. The average Bonchev–Trinajstić information content (AvgIpc) is 2.77. The molecule has 0 spiro atoms. The van der Waals surface area contributed by atoms with Crippen molar-refractivity contribution in [1.29, 1.82) is 0 Å². The van der Waals surface area contributed by atoms with Crippen LogP contribution in [0.4, 0.5) is 4.39 Å². The fraction of sp³-hybridized carbons (Fsp3) is 0.300.